The third kappa shape index (κ3) is 2.36. The molecule has 5 nitrogen and oxygen atoms in total. The van der Waals surface area contributed by atoms with Crippen LogP contribution in [0.15, 0.2) is 24.5 Å². The van der Waals surface area contributed by atoms with Crippen LogP contribution in [-0.2, 0) is 9.59 Å². The Kier molecular flexibility index (Phi) is 2.85. The third-order valence-corrected chi connectivity index (χ3v) is 2.50. The van der Waals surface area contributed by atoms with Crippen molar-refractivity contribution >= 4 is 11.9 Å². The molecule has 1 saturated carbocycles. The average Bonchev–Trinajstić information content (AvgIpc) is 3.10. The Morgan fingerprint density at radius 3 is 2.75 bits per heavy atom. The summed E-state index contributed by atoms with van der Waals surface area (Å²) >= 11 is 0. The van der Waals surface area contributed by atoms with Gasteiger partial charge in [0.1, 0.15) is 0 Å². The predicted molar refractivity (Wildman–Crippen MR) is 55.5 cm³/mol. The Hall–Kier alpha value is -1.91. The topological polar surface area (TPSA) is 79.3 Å². The minimum Gasteiger partial charge on any atom is -0.479 e. The van der Waals surface area contributed by atoms with E-state index in [1.165, 1.54) is 6.20 Å². The first-order chi connectivity index (χ1) is 7.68. The number of carbonyl (C=O) groups excluding carboxylic acids is 1. The minimum atomic E-state index is -1.07. The molecule has 5 heteroatoms. The zero-order valence-electron chi connectivity index (χ0n) is 8.59. The van der Waals surface area contributed by atoms with Crippen molar-refractivity contribution in [3.8, 4) is 0 Å². The molecule has 1 heterocycles. The monoisotopic (exact) mass is 220 g/mol. The Morgan fingerprint density at radius 2 is 2.25 bits per heavy atom. The summed E-state index contributed by atoms with van der Waals surface area (Å²) in [6.45, 7) is 0. The molecule has 1 atom stereocenters. The number of pyridine rings is 1. The van der Waals surface area contributed by atoms with Crippen LogP contribution in [0.5, 0.6) is 0 Å². The molecule has 2 rings (SSSR count). The highest BCUT2D eigenvalue weighted by Gasteiger charge is 2.33. The van der Waals surface area contributed by atoms with Gasteiger partial charge in [0.2, 0.25) is 5.91 Å². The molecule has 84 valence electrons. The number of carboxylic acids is 1. The molecule has 0 spiro atoms. The molecule has 16 heavy (non-hydrogen) atoms. The zero-order valence-corrected chi connectivity index (χ0v) is 8.59. The lowest BCUT2D eigenvalue weighted by atomic mass is 10.1. The van der Waals surface area contributed by atoms with Crippen LogP contribution in [0.3, 0.4) is 0 Å². The number of aromatic nitrogens is 1. The number of carbonyl (C=O) groups is 2. The van der Waals surface area contributed by atoms with E-state index in [4.69, 9.17) is 5.11 Å². The van der Waals surface area contributed by atoms with Gasteiger partial charge in [-0.1, -0.05) is 6.07 Å². The molecular formula is C11H12N2O3. The first kappa shape index (κ1) is 10.6. The number of hydrogen-bond acceptors (Lipinski definition) is 3. The molecule has 1 aromatic heterocycles. The Labute approximate surface area is 92.5 Å². The summed E-state index contributed by atoms with van der Waals surface area (Å²) < 4.78 is 0. The van der Waals surface area contributed by atoms with Gasteiger partial charge in [-0.3, -0.25) is 9.78 Å². The highest BCUT2D eigenvalue weighted by Crippen LogP contribution is 2.29. The van der Waals surface area contributed by atoms with Crippen molar-refractivity contribution in [2.45, 2.75) is 18.9 Å². The number of carboxylic acid groups (broad SMARTS) is 1. The Bertz CT molecular complexity index is 401. The van der Waals surface area contributed by atoms with Crippen LogP contribution in [0.25, 0.3) is 0 Å². The fourth-order valence-corrected chi connectivity index (χ4v) is 1.44. The fraction of sp³-hybridized carbons (Fsp3) is 0.364. The summed E-state index contributed by atoms with van der Waals surface area (Å²) in [5, 5.41) is 11.6. The first-order valence-corrected chi connectivity index (χ1v) is 5.11. The SMILES string of the molecule is O=C(NC(C(=O)O)c1cccnc1)C1CC1. The lowest BCUT2D eigenvalue weighted by Crippen LogP contribution is -2.34. The molecule has 0 bridgehead atoms. The van der Waals surface area contributed by atoms with E-state index >= 15 is 0 Å². The Morgan fingerprint density at radius 1 is 1.50 bits per heavy atom. The maximum atomic E-state index is 11.5. The van der Waals surface area contributed by atoms with Gasteiger partial charge < -0.3 is 10.4 Å². The summed E-state index contributed by atoms with van der Waals surface area (Å²) in [5.74, 6) is -1.25. The molecule has 0 radical (unpaired) electrons. The lowest BCUT2D eigenvalue weighted by Gasteiger charge is -2.13. The lowest BCUT2D eigenvalue weighted by molar-refractivity contribution is -0.142. The van der Waals surface area contributed by atoms with E-state index < -0.39 is 12.0 Å². The summed E-state index contributed by atoms with van der Waals surface area (Å²) in [6, 6.07) is 2.29. The molecular weight excluding hydrogens is 208 g/mol. The maximum Gasteiger partial charge on any atom is 0.330 e. The number of amides is 1. The van der Waals surface area contributed by atoms with Gasteiger partial charge in [0.15, 0.2) is 6.04 Å². The van der Waals surface area contributed by atoms with Crippen LogP contribution in [0.2, 0.25) is 0 Å². The number of hydrogen-bond donors (Lipinski definition) is 2. The van der Waals surface area contributed by atoms with Gasteiger partial charge >= 0.3 is 5.97 Å². The first-order valence-electron chi connectivity index (χ1n) is 5.11. The van der Waals surface area contributed by atoms with Crippen molar-refractivity contribution < 1.29 is 14.7 Å². The molecule has 0 saturated heterocycles. The van der Waals surface area contributed by atoms with E-state index in [0.717, 1.165) is 12.8 Å². The largest absolute Gasteiger partial charge is 0.479 e. The smallest absolute Gasteiger partial charge is 0.330 e. The number of aliphatic carboxylic acids is 1. The maximum absolute atomic E-state index is 11.5. The number of nitrogens with one attached hydrogen (secondary N) is 1. The van der Waals surface area contributed by atoms with E-state index in [1.807, 2.05) is 0 Å². The minimum absolute atomic E-state index is 0.00137. The second kappa shape index (κ2) is 4.30. The van der Waals surface area contributed by atoms with Crippen LogP contribution < -0.4 is 5.32 Å². The van der Waals surface area contributed by atoms with Crippen molar-refractivity contribution in [1.29, 1.82) is 0 Å². The van der Waals surface area contributed by atoms with E-state index in [1.54, 1.807) is 18.3 Å². The molecule has 1 aliphatic rings. The van der Waals surface area contributed by atoms with Gasteiger partial charge in [-0.2, -0.15) is 0 Å². The molecule has 0 aromatic carbocycles. The van der Waals surface area contributed by atoms with E-state index in [9.17, 15) is 9.59 Å². The zero-order chi connectivity index (χ0) is 11.5. The summed E-state index contributed by atoms with van der Waals surface area (Å²) in [5.41, 5.74) is 0.490. The highest BCUT2D eigenvalue weighted by atomic mass is 16.4. The summed E-state index contributed by atoms with van der Waals surface area (Å²) in [4.78, 5) is 26.4. The van der Waals surface area contributed by atoms with Crippen LogP contribution in [0.4, 0.5) is 0 Å². The second-order valence-corrected chi connectivity index (χ2v) is 3.84. The van der Waals surface area contributed by atoms with E-state index in [0.29, 0.717) is 5.56 Å². The number of nitrogens with zero attached hydrogens (tertiary/aromatic N) is 1. The standard InChI is InChI=1S/C11H12N2O3/c14-10(7-3-4-7)13-9(11(15)16)8-2-1-5-12-6-8/h1-2,5-7,9H,3-4H2,(H,13,14)(H,15,16). The third-order valence-electron chi connectivity index (χ3n) is 2.50. The Balaban J connectivity index is 2.11. The van der Waals surface area contributed by atoms with Crippen molar-refractivity contribution in [1.82, 2.24) is 10.3 Å². The van der Waals surface area contributed by atoms with Crippen molar-refractivity contribution in [2.75, 3.05) is 0 Å². The van der Waals surface area contributed by atoms with Crippen LogP contribution >= 0.6 is 0 Å². The van der Waals surface area contributed by atoms with Gasteiger partial charge in [-0.05, 0) is 18.9 Å². The van der Waals surface area contributed by atoms with Gasteiger partial charge in [-0.25, -0.2) is 4.79 Å². The molecule has 0 aliphatic heterocycles. The van der Waals surface area contributed by atoms with Crippen molar-refractivity contribution in [3.63, 3.8) is 0 Å². The summed E-state index contributed by atoms with van der Waals surface area (Å²) in [6.07, 6.45) is 4.72. The quantitative estimate of drug-likeness (QED) is 0.784. The van der Waals surface area contributed by atoms with Crippen LogP contribution in [0, 0.1) is 5.92 Å². The molecule has 1 aliphatic carbocycles. The highest BCUT2D eigenvalue weighted by molar-refractivity contribution is 5.86. The van der Waals surface area contributed by atoms with Gasteiger partial charge in [-0.15, -0.1) is 0 Å². The molecule has 1 fully saturated rings. The molecule has 1 amide bonds. The van der Waals surface area contributed by atoms with E-state index in [2.05, 4.69) is 10.3 Å². The number of rotatable bonds is 4. The normalized spacial score (nSPS) is 16.5. The van der Waals surface area contributed by atoms with Crippen LogP contribution in [-0.4, -0.2) is 22.0 Å². The van der Waals surface area contributed by atoms with Gasteiger partial charge in [0.05, 0.1) is 0 Å². The predicted octanol–water partition coefficient (Wildman–Crippen LogP) is 0.733. The molecule has 1 aromatic rings. The fourth-order valence-electron chi connectivity index (χ4n) is 1.44. The van der Waals surface area contributed by atoms with Crippen molar-refractivity contribution in [2.24, 2.45) is 5.92 Å². The van der Waals surface area contributed by atoms with E-state index in [-0.39, 0.29) is 11.8 Å². The summed E-state index contributed by atoms with van der Waals surface area (Å²) in [7, 11) is 0. The second-order valence-electron chi connectivity index (χ2n) is 3.84. The van der Waals surface area contributed by atoms with Crippen molar-refractivity contribution in [3.05, 3.63) is 30.1 Å². The molecule has 1 unspecified atom stereocenters. The molecule has 2 N–H and O–H groups in total. The van der Waals surface area contributed by atoms with Crippen LogP contribution in [0.1, 0.15) is 24.4 Å². The van der Waals surface area contributed by atoms with Gasteiger partial charge in [0, 0.05) is 23.9 Å². The van der Waals surface area contributed by atoms with Gasteiger partial charge in [0.25, 0.3) is 0 Å². The average molecular weight is 220 g/mol.